The monoisotopic (exact) mass is 262 g/mol. The lowest BCUT2D eigenvalue weighted by Crippen LogP contribution is -2.34. The van der Waals surface area contributed by atoms with E-state index in [-0.39, 0.29) is 5.60 Å². The van der Waals surface area contributed by atoms with Crippen molar-refractivity contribution in [2.45, 2.75) is 63.8 Å². The van der Waals surface area contributed by atoms with Crippen LogP contribution in [0.25, 0.3) is 0 Å². The highest BCUT2D eigenvalue weighted by Gasteiger charge is 2.33. The molecule has 0 spiro atoms. The minimum Gasteiger partial charge on any atom is -0.490 e. The molecule has 104 valence electrons. The smallest absolute Gasteiger partial charge is 0.129 e. The fourth-order valence-corrected chi connectivity index (χ4v) is 3.07. The fraction of sp³-hybridized carbons (Fsp3) is 0.625. The molecule has 0 amide bonds. The molecule has 1 aromatic carbocycles. The summed E-state index contributed by atoms with van der Waals surface area (Å²) in [7, 11) is 0. The van der Waals surface area contributed by atoms with E-state index in [9.17, 15) is 5.11 Å². The molecular weight excluding hydrogens is 240 g/mol. The molecule has 1 N–H and O–H groups in total. The average molecular weight is 262 g/mol. The third kappa shape index (κ3) is 2.71. The van der Waals surface area contributed by atoms with Crippen LogP contribution in [0.1, 0.15) is 57.6 Å². The Hall–Kier alpha value is -1.22. The van der Waals surface area contributed by atoms with Crippen LogP contribution in [-0.4, -0.2) is 16.8 Å². The van der Waals surface area contributed by atoms with Gasteiger partial charge in [-0.3, -0.25) is 0 Å². The number of aliphatic hydroxyl groups excluding tert-OH is 1. The van der Waals surface area contributed by atoms with Crippen LogP contribution in [0.3, 0.4) is 0 Å². The summed E-state index contributed by atoms with van der Waals surface area (Å²) in [6.45, 7) is 4.01. The van der Waals surface area contributed by atoms with Crippen molar-refractivity contribution in [3.05, 3.63) is 23.8 Å². The van der Waals surface area contributed by atoms with Gasteiger partial charge in [0.1, 0.15) is 17.1 Å². The van der Waals surface area contributed by atoms with Crippen LogP contribution in [-0.2, 0) is 0 Å². The Morgan fingerprint density at radius 2 is 2.00 bits per heavy atom. The van der Waals surface area contributed by atoms with Crippen LogP contribution < -0.4 is 9.47 Å². The van der Waals surface area contributed by atoms with Crippen LogP contribution in [0.4, 0.5) is 0 Å². The first-order chi connectivity index (χ1) is 9.03. The molecule has 1 aliphatic heterocycles. The molecule has 1 heterocycles. The third-order valence-electron chi connectivity index (χ3n) is 4.02. The second-order valence-electron chi connectivity index (χ2n) is 6.31. The quantitative estimate of drug-likeness (QED) is 0.885. The Morgan fingerprint density at radius 1 is 1.26 bits per heavy atom. The van der Waals surface area contributed by atoms with Crippen molar-refractivity contribution >= 4 is 0 Å². The van der Waals surface area contributed by atoms with E-state index >= 15 is 0 Å². The van der Waals surface area contributed by atoms with E-state index in [1.807, 2.05) is 32.0 Å². The summed E-state index contributed by atoms with van der Waals surface area (Å²) >= 11 is 0. The molecule has 1 aliphatic carbocycles. The topological polar surface area (TPSA) is 38.7 Å². The molecule has 1 atom stereocenters. The zero-order chi connectivity index (χ0) is 13.5. The zero-order valence-electron chi connectivity index (χ0n) is 11.7. The first kappa shape index (κ1) is 12.8. The highest BCUT2D eigenvalue weighted by Crippen LogP contribution is 2.41. The first-order valence-electron chi connectivity index (χ1n) is 7.21. The molecule has 2 aliphatic rings. The van der Waals surface area contributed by atoms with Gasteiger partial charge in [0.05, 0.1) is 12.2 Å². The number of hydrogen-bond acceptors (Lipinski definition) is 3. The van der Waals surface area contributed by atoms with Crippen LogP contribution in [0.2, 0.25) is 0 Å². The largest absolute Gasteiger partial charge is 0.490 e. The predicted octanol–water partition coefficient (Wildman–Crippen LogP) is 3.60. The Morgan fingerprint density at radius 3 is 2.74 bits per heavy atom. The van der Waals surface area contributed by atoms with Gasteiger partial charge in [-0.05, 0) is 51.7 Å². The lowest BCUT2D eigenvalue weighted by Gasteiger charge is -2.35. The number of aliphatic hydroxyl groups is 1. The number of rotatable bonds is 2. The van der Waals surface area contributed by atoms with Gasteiger partial charge in [-0.1, -0.05) is 0 Å². The molecule has 1 aromatic rings. The van der Waals surface area contributed by atoms with E-state index in [2.05, 4.69) is 0 Å². The van der Waals surface area contributed by atoms with Crippen LogP contribution >= 0.6 is 0 Å². The maximum Gasteiger partial charge on any atom is 0.129 e. The van der Waals surface area contributed by atoms with Crippen molar-refractivity contribution in [1.29, 1.82) is 0 Å². The maximum absolute atomic E-state index is 10.2. The van der Waals surface area contributed by atoms with Gasteiger partial charge in [0, 0.05) is 18.1 Å². The second kappa shape index (κ2) is 4.71. The standard InChI is InChI=1S/C16H22O3/c1-16(2)10-14(17)13-8-7-12(9-15(13)19-16)18-11-5-3-4-6-11/h7-9,11,14,17H,3-6,10H2,1-2H3. The number of hydrogen-bond donors (Lipinski definition) is 1. The summed E-state index contributed by atoms with van der Waals surface area (Å²) in [4.78, 5) is 0. The van der Waals surface area contributed by atoms with Gasteiger partial charge in [0.2, 0.25) is 0 Å². The fourth-order valence-electron chi connectivity index (χ4n) is 3.07. The molecule has 1 unspecified atom stereocenters. The van der Waals surface area contributed by atoms with Crippen LogP contribution in [0.15, 0.2) is 18.2 Å². The molecule has 3 nitrogen and oxygen atoms in total. The normalized spacial score (nSPS) is 25.7. The molecule has 0 bridgehead atoms. The Bertz CT molecular complexity index is 461. The highest BCUT2D eigenvalue weighted by atomic mass is 16.5. The molecule has 1 saturated carbocycles. The summed E-state index contributed by atoms with van der Waals surface area (Å²) in [5.74, 6) is 1.62. The van der Waals surface area contributed by atoms with E-state index in [4.69, 9.17) is 9.47 Å². The Kier molecular flexibility index (Phi) is 3.17. The van der Waals surface area contributed by atoms with E-state index in [0.717, 1.165) is 29.9 Å². The van der Waals surface area contributed by atoms with Gasteiger partial charge in [0.25, 0.3) is 0 Å². The van der Waals surface area contributed by atoms with Crippen molar-refractivity contribution in [1.82, 2.24) is 0 Å². The molecule has 19 heavy (non-hydrogen) atoms. The average Bonchev–Trinajstić information content (AvgIpc) is 2.79. The summed E-state index contributed by atoms with van der Waals surface area (Å²) in [5.41, 5.74) is 0.552. The maximum atomic E-state index is 10.2. The molecule has 0 saturated heterocycles. The van der Waals surface area contributed by atoms with Crippen molar-refractivity contribution in [2.24, 2.45) is 0 Å². The molecule has 0 aromatic heterocycles. The zero-order valence-corrected chi connectivity index (χ0v) is 11.7. The van der Waals surface area contributed by atoms with Crippen molar-refractivity contribution in [3.8, 4) is 11.5 Å². The predicted molar refractivity (Wildman–Crippen MR) is 73.6 cm³/mol. The number of fused-ring (bicyclic) bond motifs is 1. The van der Waals surface area contributed by atoms with Crippen molar-refractivity contribution in [3.63, 3.8) is 0 Å². The van der Waals surface area contributed by atoms with Gasteiger partial charge in [0.15, 0.2) is 0 Å². The van der Waals surface area contributed by atoms with Gasteiger partial charge >= 0.3 is 0 Å². The van der Waals surface area contributed by atoms with Gasteiger partial charge in [-0.25, -0.2) is 0 Å². The molecular formula is C16H22O3. The summed E-state index contributed by atoms with van der Waals surface area (Å²) in [6.07, 6.45) is 5.34. The Balaban J connectivity index is 1.82. The summed E-state index contributed by atoms with van der Waals surface area (Å²) in [5, 5.41) is 10.2. The van der Waals surface area contributed by atoms with E-state index in [0.29, 0.717) is 12.5 Å². The van der Waals surface area contributed by atoms with Crippen LogP contribution in [0, 0.1) is 0 Å². The van der Waals surface area contributed by atoms with E-state index in [1.54, 1.807) is 0 Å². The first-order valence-corrected chi connectivity index (χ1v) is 7.21. The van der Waals surface area contributed by atoms with Gasteiger partial charge in [-0.15, -0.1) is 0 Å². The van der Waals surface area contributed by atoms with E-state index < -0.39 is 6.10 Å². The molecule has 1 fully saturated rings. The molecule has 3 rings (SSSR count). The van der Waals surface area contributed by atoms with Gasteiger partial charge < -0.3 is 14.6 Å². The lowest BCUT2D eigenvalue weighted by molar-refractivity contribution is 0.0112. The second-order valence-corrected chi connectivity index (χ2v) is 6.31. The number of benzene rings is 1. The molecule has 0 radical (unpaired) electrons. The minimum absolute atomic E-state index is 0.321. The molecule has 3 heteroatoms. The Labute approximate surface area is 114 Å². The van der Waals surface area contributed by atoms with Gasteiger partial charge in [-0.2, -0.15) is 0 Å². The van der Waals surface area contributed by atoms with Crippen molar-refractivity contribution < 1.29 is 14.6 Å². The third-order valence-corrected chi connectivity index (χ3v) is 4.02. The lowest BCUT2D eigenvalue weighted by atomic mass is 9.92. The number of ether oxygens (including phenoxy) is 2. The SMILES string of the molecule is CC1(C)CC(O)c2ccc(OC3CCCC3)cc2O1. The van der Waals surface area contributed by atoms with Crippen molar-refractivity contribution in [2.75, 3.05) is 0 Å². The summed E-state index contributed by atoms with van der Waals surface area (Å²) in [6, 6.07) is 5.80. The van der Waals surface area contributed by atoms with E-state index in [1.165, 1.54) is 12.8 Å². The minimum atomic E-state index is -0.445. The van der Waals surface area contributed by atoms with Crippen LogP contribution in [0.5, 0.6) is 11.5 Å². The highest BCUT2D eigenvalue weighted by molar-refractivity contribution is 5.44. The summed E-state index contributed by atoms with van der Waals surface area (Å²) < 4.78 is 11.9.